The minimum absolute atomic E-state index is 0.286. The predicted molar refractivity (Wildman–Crippen MR) is 86.8 cm³/mol. The maximum absolute atomic E-state index is 5.57. The Morgan fingerprint density at radius 1 is 0.952 bits per heavy atom. The van der Waals surface area contributed by atoms with Gasteiger partial charge in [-0.25, -0.2) is 0 Å². The van der Waals surface area contributed by atoms with E-state index < -0.39 is 0 Å². The predicted octanol–water partition coefficient (Wildman–Crippen LogP) is 4.14. The van der Waals surface area contributed by atoms with Gasteiger partial charge in [0.05, 0.1) is 0 Å². The minimum atomic E-state index is 0.286. The molecule has 2 aliphatic rings. The molecule has 0 saturated carbocycles. The zero-order valence-electron chi connectivity index (χ0n) is 12.5. The van der Waals surface area contributed by atoms with E-state index in [2.05, 4.69) is 54.7 Å². The first kappa shape index (κ1) is 12.9. The monoisotopic (exact) mass is 279 g/mol. The highest BCUT2D eigenvalue weighted by Gasteiger charge is 2.40. The molecule has 2 aliphatic heterocycles. The SMILES string of the molecule is Cc1ccc(-c2ccc3c(c2)C2(CCOCC2)CN3)cc1. The van der Waals surface area contributed by atoms with Gasteiger partial charge in [-0.2, -0.15) is 0 Å². The van der Waals surface area contributed by atoms with Crippen LogP contribution in [0.3, 0.4) is 0 Å². The van der Waals surface area contributed by atoms with Crippen molar-refractivity contribution in [2.75, 3.05) is 25.1 Å². The molecule has 1 N–H and O–H groups in total. The fourth-order valence-electron chi connectivity index (χ4n) is 3.63. The number of hydrogen-bond donors (Lipinski definition) is 1. The molecule has 2 nitrogen and oxygen atoms in total. The van der Waals surface area contributed by atoms with E-state index in [9.17, 15) is 0 Å². The Morgan fingerprint density at radius 2 is 1.67 bits per heavy atom. The van der Waals surface area contributed by atoms with Gasteiger partial charge < -0.3 is 10.1 Å². The fraction of sp³-hybridized carbons (Fsp3) is 0.368. The molecule has 1 fully saturated rings. The normalized spacial score (nSPS) is 19.3. The third-order valence-electron chi connectivity index (χ3n) is 5.04. The standard InChI is InChI=1S/C19H21NO/c1-14-2-4-15(5-3-14)16-6-7-18-17(12-16)19(13-20-18)8-10-21-11-9-19/h2-7,12,20H,8-11,13H2,1H3. The molecule has 0 radical (unpaired) electrons. The molecular weight excluding hydrogens is 258 g/mol. The number of hydrogen-bond acceptors (Lipinski definition) is 2. The van der Waals surface area contributed by atoms with Crippen LogP contribution in [0.5, 0.6) is 0 Å². The average Bonchev–Trinajstić information content (AvgIpc) is 2.87. The number of fused-ring (bicyclic) bond motifs is 2. The molecule has 108 valence electrons. The highest BCUT2D eigenvalue weighted by Crippen LogP contribution is 2.44. The molecule has 2 heterocycles. The Hall–Kier alpha value is -1.80. The molecule has 1 saturated heterocycles. The molecule has 0 bridgehead atoms. The first-order valence-corrected chi connectivity index (χ1v) is 7.80. The van der Waals surface area contributed by atoms with Crippen molar-refractivity contribution < 1.29 is 4.74 Å². The van der Waals surface area contributed by atoms with Crippen LogP contribution in [-0.2, 0) is 10.2 Å². The van der Waals surface area contributed by atoms with Crippen molar-refractivity contribution >= 4 is 5.69 Å². The van der Waals surface area contributed by atoms with Crippen LogP contribution in [0.1, 0.15) is 24.0 Å². The average molecular weight is 279 g/mol. The van der Waals surface area contributed by atoms with Gasteiger partial charge in [-0.3, -0.25) is 0 Å². The van der Waals surface area contributed by atoms with Gasteiger partial charge in [-0.1, -0.05) is 35.9 Å². The smallest absolute Gasteiger partial charge is 0.0475 e. The van der Waals surface area contributed by atoms with Crippen molar-refractivity contribution in [3.63, 3.8) is 0 Å². The Morgan fingerprint density at radius 3 is 2.43 bits per heavy atom. The Balaban J connectivity index is 1.76. The number of aryl methyl sites for hydroxylation is 1. The van der Waals surface area contributed by atoms with Crippen molar-refractivity contribution in [3.8, 4) is 11.1 Å². The van der Waals surface area contributed by atoms with E-state index in [0.29, 0.717) is 0 Å². The van der Waals surface area contributed by atoms with Crippen LogP contribution in [-0.4, -0.2) is 19.8 Å². The molecule has 0 atom stereocenters. The van der Waals surface area contributed by atoms with Crippen LogP contribution in [0.4, 0.5) is 5.69 Å². The van der Waals surface area contributed by atoms with Crippen LogP contribution in [0.2, 0.25) is 0 Å². The minimum Gasteiger partial charge on any atom is -0.384 e. The quantitative estimate of drug-likeness (QED) is 0.847. The molecule has 0 amide bonds. The van der Waals surface area contributed by atoms with E-state index in [0.717, 1.165) is 32.6 Å². The molecule has 2 heteroatoms. The molecule has 21 heavy (non-hydrogen) atoms. The van der Waals surface area contributed by atoms with Gasteiger partial charge in [0, 0.05) is 30.9 Å². The van der Waals surface area contributed by atoms with E-state index >= 15 is 0 Å². The van der Waals surface area contributed by atoms with E-state index in [-0.39, 0.29) is 5.41 Å². The summed E-state index contributed by atoms with van der Waals surface area (Å²) in [6, 6.07) is 15.7. The van der Waals surface area contributed by atoms with Crippen LogP contribution >= 0.6 is 0 Å². The summed E-state index contributed by atoms with van der Waals surface area (Å²) in [5.74, 6) is 0. The van der Waals surface area contributed by atoms with E-state index in [1.165, 1.54) is 27.9 Å². The Kier molecular flexibility index (Phi) is 3.00. The summed E-state index contributed by atoms with van der Waals surface area (Å²) in [6.45, 7) is 4.96. The summed E-state index contributed by atoms with van der Waals surface area (Å²) in [6.07, 6.45) is 2.26. The second kappa shape index (κ2) is 4.88. The summed E-state index contributed by atoms with van der Waals surface area (Å²) < 4.78 is 5.57. The number of anilines is 1. The summed E-state index contributed by atoms with van der Waals surface area (Å²) in [4.78, 5) is 0. The number of nitrogens with one attached hydrogen (secondary N) is 1. The van der Waals surface area contributed by atoms with Gasteiger partial charge in [0.1, 0.15) is 0 Å². The largest absolute Gasteiger partial charge is 0.384 e. The van der Waals surface area contributed by atoms with Gasteiger partial charge >= 0.3 is 0 Å². The van der Waals surface area contributed by atoms with E-state index in [4.69, 9.17) is 4.74 Å². The first-order valence-electron chi connectivity index (χ1n) is 7.80. The van der Waals surface area contributed by atoms with Crippen LogP contribution in [0.25, 0.3) is 11.1 Å². The maximum Gasteiger partial charge on any atom is 0.0475 e. The Bertz CT molecular complexity index is 648. The number of rotatable bonds is 1. The molecule has 0 aromatic heterocycles. The fourth-order valence-corrected chi connectivity index (χ4v) is 3.63. The third-order valence-corrected chi connectivity index (χ3v) is 5.04. The zero-order chi connectivity index (χ0) is 14.3. The van der Waals surface area contributed by atoms with Gasteiger partial charge in [-0.05, 0) is 48.6 Å². The van der Waals surface area contributed by atoms with Crippen LogP contribution in [0.15, 0.2) is 42.5 Å². The maximum atomic E-state index is 5.57. The van der Waals surface area contributed by atoms with Gasteiger partial charge in [-0.15, -0.1) is 0 Å². The van der Waals surface area contributed by atoms with Crippen molar-refractivity contribution in [2.24, 2.45) is 0 Å². The lowest BCUT2D eigenvalue weighted by atomic mass is 9.75. The lowest BCUT2D eigenvalue weighted by Gasteiger charge is -2.33. The van der Waals surface area contributed by atoms with Crippen molar-refractivity contribution in [1.82, 2.24) is 0 Å². The first-order chi connectivity index (χ1) is 10.3. The topological polar surface area (TPSA) is 21.3 Å². The van der Waals surface area contributed by atoms with Gasteiger partial charge in [0.15, 0.2) is 0 Å². The Labute approximate surface area is 126 Å². The summed E-state index contributed by atoms with van der Waals surface area (Å²) in [5.41, 5.74) is 7.02. The second-order valence-corrected chi connectivity index (χ2v) is 6.37. The van der Waals surface area contributed by atoms with Crippen molar-refractivity contribution in [3.05, 3.63) is 53.6 Å². The lowest BCUT2D eigenvalue weighted by Crippen LogP contribution is -2.35. The molecule has 0 unspecified atom stereocenters. The summed E-state index contributed by atoms with van der Waals surface area (Å²) in [7, 11) is 0. The molecular formula is C19H21NO. The second-order valence-electron chi connectivity index (χ2n) is 6.37. The van der Waals surface area contributed by atoms with Gasteiger partial charge in [0.25, 0.3) is 0 Å². The highest BCUT2D eigenvalue weighted by molar-refractivity contribution is 5.72. The van der Waals surface area contributed by atoms with E-state index in [1.54, 1.807) is 0 Å². The van der Waals surface area contributed by atoms with Crippen molar-refractivity contribution in [2.45, 2.75) is 25.2 Å². The summed E-state index contributed by atoms with van der Waals surface area (Å²) >= 11 is 0. The van der Waals surface area contributed by atoms with Gasteiger partial charge in [0.2, 0.25) is 0 Å². The van der Waals surface area contributed by atoms with Crippen molar-refractivity contribution in [1.29, 1.82) is 0 Å². The highest BCUT2D eigenvalue weighted by atomic mass is 16.5. The molecule has 0 aliphatic carbocycles. The lowest BCUT2D eigenvalue weighted by molar-refractivity contribution is 0.0567. The van der Waals surface area contributed by atoms with Crippen LogP contribution < -0.4 is 5.32 Å². The molecule has 4 rings (SSSR count). The zero-order valence-corrected chi connectivity index (χ0v) is 12.5. The van der Waals surface area contributed by atoms with E-state index in [1.807, 2.05) is 0 Å². The van der Waals surface area contributed by atoms with Crippen LogP contribution in [0, 0.1) is 6.92 Å². The molecule has 1 spiro atoms. The number of ether oxygens (including phenoxy) is 1. The molecule has 2 aromatic rings. The molecule has 2 aromatic carbocycles. The number of benzene rings is 2. The third kappa shape index (κ3) is 2.14. The summed E-state index contributed by atoms with van der Waals surface area (Å²) in [5, 5.41) is 3.59.